The third kappa shape index (κ3) is 3.22. The van der Waals surface area contributed by atoms with E-state index in [1.165, 1.54) is 7.11 Å². The molecule has 0 spiro atoms. The number of urea groups is 1. The summed E-state index contributed by atoms with van der Waals surface area (Å²) in [6, 6.07) is 13.2. The van der Waals surface area contributed by atoms with Crippen molar-refractivity contribution in [2.24, 2.45) is 0 Å². The van der Waals surface area contributed by atoms with Gasteiger partial charge in [-0.3, -0.25) is 14.5 Å². The van der Waals surface area contributed by atoms with E-state index in [0.29, 0.717) is 17.7 Å². The van der Waals surface area contributed by atoms with Crippen molar-refractivity contribution < 1.29 is 19.1 Å². The number of nitrogens with zero attached hydrogens (tertiary/aromatic N) is 1. The van der Waals surface area contributed by atoms with Gasteiger partial charge in [0.05, 0.1) is 13.7 Å². The molecule has 2 heterocycles. The molecule has 1 saturated heterocycles. The van der Waals surface area contributed by atoms with Crippen LogP contribution in [-0.4, -0.2) is 47.3 Å². The van der Waals surface area contributed by atoms with Crippen molar-refractivity contribution in [1.82, 2.24) is 15.2 Å². The molecule has 1 aliphatic heterocycles. The molecule has 28 heavy (non-hydrogen) atoms. The third-order valence-corrected chi connectivity index (χ3v) is 4.90. The first-order valence-electron chi connectivity index (χ1n) is 8.91. The van der Waals surface area contributed by atoms with Crippen LogP contribution in [0.1, 0.15) is 15.9 Å². The zero-order valence-corrected chi connectivity index (χ0v) is 15.3. The number of aromatic amines is 1. The molecule has 0 aliphatic carbocycles. The third-order valence-electron chi connectivity index (χ3n) is 4.90. The lowest BCUT2D eigenvalue weighted by Crippen LogP contribution is -2.36. The average molecular weight is 377 g/mol. The van der Waals surface area contributed by atoms with Crippen LogP contribution in [0.5, 0.6) is 5.75 Å². The molecular formula is C21H19N3O4. The van der Waals surface area contributed by atoms with E-state index in [2.05, 4.69) is 10.3 Å². The predicted molar refractivity (Wildman–Crippen MR) is 103 cm³/mol. The number of methoxy groups -OCH3 is 1. The molecule has 2 N–H and O–H groups in total. The van der Waals surface area contributed by atoms with E-state index in [1.807, 2.05) is 30.5 Å². The van der Waals surface area contributed by atoms with Crippen LogP contribution >= 0.6 is 0 Å². The second-order valence-corrected chi connectivity index (χ2v) is 6.65. The summed E-state index contributed by atoms with van der Waals surface area (Å²) in [4.78, 5) is 41.7. The highest BCUT2D eigenvalue weighted by Gasteiger charge is 2.39. The summed E-state index contributed by atoms with van der Waals surface area (Å²) >= 11 is 0. The molecule has 2 aromatic carbocycles. The summed E-state index contributed by atoms with van der Waals surface area (Å²) in [5.41, 5.74) is 2.30. The van der Waals surface area contributed by atoms with Gasteiger partial charge in [0.25, 0.3) is 5.91 Å². The number of H-pyrrole nitrogens is 1. The first-order chi connectivity index (χ1) is 13.6. The van der Waals surface area contributed by atoms with Gasteiger partial charge in [-0.05, 0) is 23.8 Å². The van der Waals surface area contributed by atoms with E-state index in [4.69, 9.17) is 4.74 Å². The van der Waals surface area contributed by atoms with Crippen molar-refractivity contribution in [3.63, 3.8) is 0 Å². The largest absolute Gasteiger partial charge is 0.497 e. The monoisotopic (exact) mass is 377 g/mol. The Balaban J connectivity index is 1.48. The van der Waals surface area contributed by atoms with Gasteiger partial charge in [0.2, 0.25) is 0 Å². The Morgan fingerprint density at radius 3 is 2.79 bits per heavy atom. The normalized spacial score (nSPS) is 16.5. The second-order valence-electron chi connectivity index (χ2n) is 6.65. The molecule has 7 heteroatoms. The number of carbonyl (C=O) groups excluding carboxylic acids is 3. The number of aromatic nitrogens is 1. The maximum absolute atomic E-state index is 12.7. The van der Waals surface area contributed by atoms with Crippen LogP contribution < -0.4 is 10.1 Å². The van der Waals surface area contributed by atoms with Crippen molar-refractivity contribution in [3.05, 3.63) is 65.9 Å². The highest BCUT2D eigenvalue weighted by molar-refractivity contribution is 6.09. The van der Waals surface area contributed by atoms with Gasteiger partial charge in [-0.2, -0.15) is 0 Å². The number of fused-ring (bicyclic) bond motifs is 1. The number of ether oxygens (including phenoxy) is 1. The number of ketones is 1. The summed E-state index contributed by atoms with van der Waals surface area (Å²) < 4.78 is 5.11. The number of para-hydroxylation sites is 1. The minimum Gasteiger partial charge on any atom is -0.497 e. The van der Waals surface area contributed by atoms with Gasteiger partial charge in [-0.25, -0.2) is 4.79 Å². The lowest BCUT2D eigenvalue weighted by Gasteiger charge is -2.12. The molecule has 0 bridgehead atoms. The lowest BCUT2D eigenvalue weighted by molar-refractivity contribution is -0.127. The Kier molecular flexibility index (Phi) is 4.57. The van der Waals surface area contributed by atoms with Gasteiger partial charge in [-0.1, -0.05) is 30.3 Å². The maximum atomic E-state index is 12.7. The van der Waals surface area contributed by atoms with E-state index in [0.717, 1.165) is 21.4 Å². The number of Topliss-reactive ketones (excluding diaryl/α,β-unsaturated/α-hetero) is 1. The zero-order valence-electron chi connectivity index (χ0n) is 15.3. The van der Waals surface area contributed by atoms with Crippen molar-refractivity contribution >= 4 is 28.6 Å². The van der Waals surface area contributed by atoms with E-state index in [1.54, 1.807) is 24.3 Å². The highest BCUT2D eigenvalue weighted by Crippen LogP contribution is 2.21. The topological polar surface area (TPSA) is 91.5 Å². The number of rotatable bonds is 6. The molecule has 1 aliphatic rings. The molecule has 1 aromatic heterocycles. The number of nitrogens with one attached hydrogen (secondary N) is 2. The van der Waals surface area contributed by atoms with Gasteiger partial charge in [0, 0.05) is 29.1 Å². The van der Waals surface area contributed by atoms with E-state index >= 15 is 0 Å². The van der Waals surface area contributed by atoms with Gasteiger partial charge in [0.15, 0.2) is 5.78 Å². The van der Waals surface area contributed by atoms with Gasteiger partial charge in [-0.15, -0.1) is 0 Å². The van der Waals surface area contributed by atoms with Crippen LogP contribution in [0.15, 0.2) is 54.7 Å². The first kappa shape index (κ1) is 17.8. The van der Waals surface area contributed by atoms with Gasteiger partial charge < -0.3 is 15.0 Å². The fraction of sp³-hybridized carbons (Fsp3) is 0.190. The fourth-order valence-electron chi connectivity index (χ4n) is 3.42. The standard InChI is InChI=1S/C21H19N3O4/c1-28-15-6-4-5-13(9-15)19(25)12-24-20(26)18(23-21(24)27)10-14-11-22-17-8-3-2-7-16(14)17/h2-9,11,18,22H,10,12H2,1H3,(H,23,27). The van der Waals surface area contributed by atoms with E-state index in [9.17, 15) is 14.4 Å². The van der Waals surface area contributed by atoms with Crippen molar-refractivity contribution in [3.8, 4) is 5.75 Å². The van der Waals surface area contributed by atoms with Crippen LogP contribution in [-0.2, 0) is 11.2 Å². The van der Waals surface area contributed by atoms with Crippen LogP contribution in [0.25, 0.3) is 10.9 Å². The Morgan fingerprint density at radius 1 is 1.14 bits per heavy atom. The number of hydrogen-bond donors (Lipinski definition) is 2. The molecule has 7 nitrogen and oxygen atoms in total. The summed E-state index contributed by atoms with van der Waals surface area (Å²) in [5.74, 6) is -0.179. The van der Waals surface area contributed by atoms with Crippen molar-refractivity contribution in [1.29, 1.82) is 0 Å². The Labute approximate surface area is 161 Å². The van der Waals surface area contributed by atoms with Crippen LogP contribution in [0.3, 0.4) is 0 Å². The molecule has 1 fully saturated rings. The Bertz CT molecular complexity index is 1070. The maximum Gasteiger partial charge on any atom is 0.325 e. The minimum atomic E-state index is -0.690. The highest BCUT2D eigenvalue weighted by atomic mass is 16.5. The van der Waals surface area contributed by atoms with Crippen LogP contribution in [0, 0.1) is 0 Å². The van der Waals surface area contributed by atoms with Crippen LogP contribution in [0.2, 0.25) is 0 Å². The summed E-state index contributed by atoms with van der Waals surface area (Å²) in [5, 5.41) is 3.69. The number of hydrogen-bond acceptors (Lipinski definition) is 4. The van der Waals surface area contributed by atoms with Gasteiger partial charge in [0.1, 0.15) is 11.8 Å². The fourth-order valence-corrected chi connectivity index (χ4v) is 3.42. The Hall–Kier alpha value is -3.61. The number of benzene rings is 2. The SMILES string of the molecule is COc1cccc(C(=O)CN2C(=O)NC(Cc3c[nH]c4ccccc34)C2=O)c1. The molecule has 4 rings (SSSR count). The molecule has 3 aromatic rings. The second kappa shape index (κ2) is 7.19. The number of amides is 3. The van der Waals surface area contributed by atoms with Crippen LogP contribution in [0.4, 0.5) is 4.79 Å². The number of imide groups is 1. The quantitative estimate of drug-likeness (QED) is 0.510. The molecule has 0 saturated carbocycles. The molecule has 1 atom stereocenters. The summed E-state index contributed by atoms with van der Waals surface area (Å²) in [7, 11) is 1.51. The van der Waals surface area contributed by atoms with Crippen molar-refractivity contribution in [2.75, 3.05) is 13.7 Å². The molecule has 1 unspecified atom stereocenters. The van der Waals surface area contributed by atoms with E-state index < -0.39 is 18.0 Å². The first-order valence-corrected chi connectivity index (χ1v) is 8.91. The summed E-state index contributed by atoms with van der Waals surface area (Å²) in [6.45, 7) is -0.303. The molecular weight excluding hydrogens is 358 g/mol. The lowest BCUT2D eigenvalue weighted by atomic mass is 10.0. The summed E-state index contributed by atoms with van der Waals surface area (Å²) in [6.07, 6.45) is 2.20. The Morgan fingerprint density at radius 2 is 1.96 bits per heavy atom. The van der Waals surface area contributed by atoms with E-state index in [-0.39, 0.29) is 12.3 Å². The zero-order chi connectivity index (χ0) is 19.7. The molecule has 142 valence electrons. The smallest absolute Gasteiger partial charge is 0.325 e. The predicted octanol–water partition coefficient (Wildman–Crippen LogP) is 2.52. The minimum absolute atomic E-state index is 0.303. The molecule has 0 radical (unpaired) electrons. The molecule has 3 amide bonds. The van der Waals surface area contributed by atoms with Crippen molar-refractivity contribution in [2.45, 2.75) is 12.5 Å². The average Bonchev–Trinajstić information content (AvgIpc) is 3.24. The van der Waals surface area contributed by atoms with Gasteiger partial charge >= 0.3 is 6.03 Å². The number of carbonyl (C=O) groups is 3.